The summed E-state index contributed by atoms with van der Waals surface area (Å²) in [6.07, 6.45) is 2.05. The van der Waals surface area contributed by atoms with Gasteiger partial charge in [-0.3, -0.25) is 14.4 Å². The van der Waals surface area contributed by atoms with Gasteiger partial charge in [-0.2, -0.15) is 0 Å². The smallest absolute Gasteiger partial charge is 0.310 e. The first-order valence-electron chi connectivity index (χ1n) is 10.6. The molecule has 0 aliphatic carbocycles. The molecule has 7 atom stereocenters. The topological polar surface area (TPSA) is 107 Å². The molecule has 8 nitrogen and oxygen atoms in total. The van der Waals surface area contributed by atoms with Gasteiger partial charge in [0.25, 0.3) is 0 Å². The van der Waals surface area contributed by atoms with Gasteiger partial charge in [-0.25, -0.2) is 0 Å². The summed E-state index contributed by atoms with van der Waals surface area (Å²) in [6, 6.07) is -1.64. The minimum absolute atomic E-state index is 0.134. The molecule has 0 aromatic heterocycles. The van der Waals surface area contributed by atoms with Crippen LogP contribution in [0.1, 0.15) is 48.0 Å². The molecule has 3 fully saturated rings. The fraction of sp³-hybridized carbons (Fsp3) is 0.773. The molecule has 3 rings (SSSR count). The number of carboxylic acids is 1. The number of hydrogen-bond acceptors (Lipinski definition) is 5. The quantitative estimate of drug-likeness (QED) is 0.625. The Morgan fingerprint density at radius 1 is 1.43 bits per heavy atom. The molecule has 3 unspecified atom stereocenters. The van der Waals surface area contributed by atoms with Gasteiger partial charge in [0.05, 0.1) is 24.2 Å². The minimum Gasteiger partial charge on any atom is -0.481 e. The first-order valence-corrected chi connectivity index (χ1v) is 10.6. The number of fused-ring (bicyclic) bond motifs is 1. The number of carboxylic acid groups (broad SMARTS) is 1. The van der Waals surface area contributed by atoms with E-state index in [2.05, 4.69) is 6.58 Å². The lowest BCUT2D eigenvalue weighted by Gasteiger charge is -2.43. The van der Waals surface area contributed by atoms with E-state index in [1.807, 2.05) is 27.7 Å². The third-order valence-corrected chi connectivity index (χ3v) is 7.38. The summed E-state index contributed by atoms with van der Waals surface area (Å²) in [5.41, 5.74) is -2.79. The van der Waals surface area contributed by atoms with Gasteiger partial charge in [-0.15, -0.1) is 6.58 Å². The fourth-order valence-corrected chi connectivity index (χ4v) is 5.87. The summed E-state index contributed by atoms with van der Waals surface area (Å²) >= 11 is 0. The maximum atomic E-state index is 13.9. The molecule has 3 aliphatic rings. The number of ether oxygens (including phenoxy) is 1. The van der Waals surface area contributed by atoms with E-state index in [1.54, 1.807) is 24.8 Å². The van der Waals surface area contributed by atoms with Gasteiger partial charge < -0.3 is 24.7 Å². The van der Waals surface area contributed by atoms with Crippen LogP contribution in [-0.4, -0.2) is 79.8 Å². The Hall–Kier alpha value is -1.93. The number of nitrogens with zero attached hydrogens (tertiary/aromatic N) is 2. The van der Waals surface area contributed by atoms with Gasteiger partial charge in [0, 0.05) is 12.1 Å². The van der Waals surface area contributed by atoms with Crippen LogP contribution in [-0.2, 0) is 19.1 Å². The highest BCUT2D eigenvalue weighted by Gasteiger charge is 2.80. The molecule has 2 amide bonds. The van der Waals surface area contributed by atoms with Crippen LogP contribution in [0.25, 0.3) is 0 Å². The molecular weight excluding hydrogens is 388 g/mol. The van der Waals surface area contributed by atoms with E-state index >= 15 is 0 Å². The molecule has 2 N–H and O–H groups in total. The molecule has 3 heterocycles. The predicted molar refractivity (Wildman–Crippen MR) is 109 cm³/mol. The zero-order valence-electron chi connectivity index (χ0n) is 18.7. The Labute approximate surface area is 177 Å². The molecule has 30 heavy (non-hydrogen) atoms. The number of likely N-dealkylation sites (tertiary alicyclic amines) is 1. The van der Waals surface area contributed by atoms with Crippen molar-refractivity contribution in [3.63, 3.8) is 0 Å². The number of aliphatic hydroxyl groups excluding tert-OH is 1. The fourth-order valence-electron chi connectivity index (χ4n) is 5.87. The lowest BCUT2D eigenvalue weighted by Crippen LogP contribution is -2.61. The highest BCUT2D eigenvalue weighted by molar-refractivity contribution is 5.98. The summed E-state index contributed by atoms with van der Waals surface area (Å²) in [5.74, 6) is -3.95. The van der Waals surface area contributed by atoms with Crippen molar-refractivity contribution in [2.24, 2.45) is 17.8 Å². The average molecular weight is 423 g/mol. The second kappa shape index (κ2) is 7.05. The molecule has 3 aliphatic heterocycles. The van der Waals surface area contributed by atoms with E-state index in [9.17, 15) is 24.6 Å². The highest BCUT2D eigenvalue weighted by atomic mass is 16.5. The molecular formula is C22H34N2O6. The van der Waals surface area contributed by atoms with E-state index in [0.717, 1.165) is 0 Å². The van der Waals surface area contributed by atoms with E-state index in [4.69, 9.17) is 4.74 Å². The maximum Gasteiger partial charge on any atom is 0.310 e. The third-order valence-electron chi connectivity index (χ3n) is 7.38. The van der Waals surface area contributed by atoms with Crippen molar-refractivity contribution in [3.8, 4) is 0 Å². The standard InChI is InChI=1S/C22H34N2O6/c1-8-9-23(20(4,5)6)18(27)16-22-10-12(2)21(7,30-22)15(19(28)29)14(22)17(26)24(16)13(3)11-25/h8,12-16,25H,1,9-11H2,2-7H3,(H,28,29)/t12?,13-,14+,15-,16?,21+,22?/m1/s1. The number of aliphatic carboxylic acids is 1. The monoisotopic (exact) mass is 422 g/mol. The van der Waals surface area contributed by atoms with E-state index < -0.39 is 52.5 Å². The lowest BCUT2D eigenvalue weighted by molar-refractivity contribution is -0.161. The summed E-state index contributed by atoms with van der Waals surface area (Å²) in [4.78, 5) is 42.8. The second-order valence-electron chi connectivity index (χ2n) is 10.2. The van der Waals surface area contributed by atoms with Crippen LogP contribution >= 0.6 is 0 Å². The molecule has 3 saturated heterocycles. The summed E-state index contributed by atoms with van der Waals surface area (Å²) < 4.78 is 6.43. The van der Waals surface area contributed by atoms with Crippen LogP contribution in [0.15, 0.2) is 12.7 Å². The van der Waals surface area contributed by atoms with Crippen LogP contribution in [0.4, 0.5) is 0 Å². The lowest BCUT2D eigenvalue weighted by atomic mass is 9.62. The van der Waals surface area contributed by atoms with Crippen LogP contribution in [0.3, 0.4) is 0 Å². The summed E-state index contributed by atoms with van der Waals surface area (Å²) in [6.45, 7) is 14.7. The summed E-state index contributed by atoms with van der Waals surface area (Å²) in [7, 11) is 0. The first-order chi connectivity index (χ1) is 13.8. The maximum absolute atomic E-state index is 13.9. The van der Waals surface area contributed by atoms with Crippen molar-refractivity contribution >= 4 is 17.8 Å². The Bertz CT molecular complexity index is 776. The van der Waals surface area contributed by atoms with Crippen molar-refractivity contribution in [3.05, 3.63) is 12.7 Å². The molecule has 0 aromatic rings. The SMILES string of the molecule is C=CCN(C(=O)C1N([C@H](C)CO)C(=O)[C@@H]2[C@H](C(=O)O)[C@@]3(C)OC12CC3C)C(C)(C)C. The first kappa shape index (κ1) is 22.7. The molecule has 0 saturated carbocycles. The van der Waals surface area contributed by atoms with Crippen molar-refractivity contribution in [2.75, 3.05) is 13.2 Å². The molecule has 0 radical (unpaired) electrons. The Morgan fingerprint density at radius 3 is 2.50 bits per heavy atom. The summed E-state index contributed by atoms with van der Waals surface area (Å²) in [5, 5.41) is 19.8. The molecule has 0 aromatic carbocycles. The van der Waals surface area contributed by atoms with Gasteiger partial charge in [-0.05, 0) is 47.0 Å². The van der Waals surface area contributed by atoms with Crippen LogP contribution in [0.2, 0.25) is 0 Å². The van der Waals surface area contributed by atoms with Gasteiger partial charge in [-0.1, -0.05) is 13.0 Å². The van der Waals surface area contributed by atoms with Crippen molar-refractivity contribution in [2.45, 2.75) is 76.8 Å². The van der Waals surface area contributed by atoms with Crippen molar-refractivity contribution < 1.29 is 29.3 Å². The number of carbonyl (C=O) groups is 3. The van der Waals surface area contributed by atoms with E-state index in [-0.39, 0.29) is 25.0 Å². The van der Waals surface area contributed by atoms with Gasteiger partial charge in [0.2, 0.25) is 11.8 Å². The van der Waals surface area contributed by atoms with Gasteiger partial charge in [0.1, 0.15) is 17.6 Å². The molecule has 1 spiro atoms. The number of aliphatic hydroxyl groups is 1. The number of amides is 2. The normalized spacial score (nSPS) is 38.5. The van der Waals surface area contributed by atoms with E-state index in [1.165, 1.54) is 4.90 Å². The van der Waals surface area contributed by atoms with E-state index in [0.29, 0.717) is 6.42 Å². The van der Waals surface area contributed by atoms with Gasteiger partial charge >= 0.3 is 5.97 Å². The Kier molecular flexibility index (Phi) is 5.35. The minimum atomic E-state index is -1.22. The van der Waals surface area contributed by atoms with Crippen LogP contribution in [0, 0.1) is 17.8 Å². The number of rotatable bonds is 6. The Balaban J connectivity index is 2.19. The highest BCUT2D eigenvalue weighted by Crippen LogP contribution is 2.65. The zero-order chi connectivity index (χ0) is 22.8. The third kappa shape index (κ3) is 2.83. The molecule has 2 bridgehead atoms. The van der Waals surface area contributed by atoms with Gasteiger partial charge in [0.15, 0.2) is 0 Å². The zero-order valence-corrected chi connectivity index (χ0v) is 18.7. The Morgan fingerprint density at radius 2 is 2.03 bits per heavy atom. The number of hydrogen-bond donors (Lipinski definition) is 2. The largest absolute Gasteiger partial charge is 0.481 e. The van der Waals surface area contributed by atoms with Crippen molar-refractivity contribution in [1.82, 2.24) is 9.80 Å². The van der Waals surface area contributed by atoms with Crippen molar-refractivity contribution in [1.29, 1.82) is 0 Å². The molecule has 168 valence electrons. The van der Waals surface area contributed by atoms with Crippen LogP contribution in [0.5, 0.6) is 0 Å². The number of carbonyl (C=O) groups excluding carboxylic acids is 2. The second-order valence-corrected chi connectivity index (χ2v) is 10.2. The predicted octanol–water partition coefficient (Wildman–Crippen LogP) is 1.28. The molecule has 8 heteroatoms. The van der Waals surface area contributed by atoms with Crippen LogP contribution < -0.4 is 0 Å². The average Bonchev–Trinajstić information content (AvgIpc) is 3.14.